The van der Waals surface area contributed by atoms with Crippen molar-refractivity contribution in [3.63, 3.8) is 0 Å². The molecule has 0 saturated carbocycles. The van der Waals surface area contributed by atoms with E-state index < -0.39 is 0 Å². The molecule has 3 nitrogen and oxygen atoms in total. The van der Waals surface area contributed by atoms with Crippen LogP contribution in [0.1, 0.15) is 39.5 Å². The van der Waals surface area contributed by atoms with Crippen molar-refractivity contribution in [2.45, 2.75) is 39.8 Å². The van der Waals surface area contributed by atoms with Gasteiger partial charge >= 0.3 is 0 Å². The molecule has 0 aliphatic carbocycles. The van der Waals surface area contributed by atoms with Crippen LogP contribution in [0.3, 0.4) is 0 Å². The van der Waals surface area contributed by atoms with E-state index in [2.05, 4.69) is 42.0 Å². The highest BCUT2D eigenvalue weighted by Crippen LogP contribution is 2.30. The molecule has 1 heterocycles. The number of ether oxygens (including phenoxy) is 1. The van der Waals surface area contributed by atoms with E-state index in [9.17, 15) is 0 Å². The van der Waals surface area contributed by atoms with Gasteiger partial charge in [0, 0.05) is 6.61 Å². The fourth-order valence-electron chi connectivity index (χ4n) is 1.97. The van der Waals surface area contributed by atoms with Gasteiger partial charge in [-0.1, -0.05) is 20.8 Å². The lowest BCUT2D eigenvalue weighted by Crippen LogP contribution is -2.37. The minimum Gasteiger partial charge on any atom is -0.466 e. The van der Waals surface area contributed by atoms with E-state index in [-0.39, 0.29) is 12.1 Å². The number of halogens is 1. The molecule has 0 aliphatic rings. The number of rotatable bonds is 7. The molecular weight excluding hydrogens is 282 g/mol. The average molecular weight is 304 g/mol. The first kappa shape index (κ1) is 14.7. The third-order valence-electron chi connectivity index (χ3n) is 2.70. The summed E-state index contributed by atoms with van der Waals surface area (Å²) in [5.41, 5.74) is 0. The lowest BCUT2D eigenvalue weighted by Gasteiger charge is -2.29. The molecule has 0 spiro atoms. The van der Waals surface area contributed by atoms with Gasteiger partial charge in [0.25, 0.3) is 0 Å². The van der Waals surface area contributed by atoms with E-state index in [4.69, 9.17) is 9.15 Å². The predicted molar refractivity (Wildman–Crippen MR) is 73.1 cm³/mol. The van der Waals surface area contributed by atoms with E-state index in [1.165, 1.54) is 0 Å². The van der Waals surface area contributed by atoms with Crippen LogP contribution < -0.4 is 5.32 Å². The molecule has 1 N–H and O–H groups in total. The van der Waals surface area contributed by atoms with Gasteiger partial charge in [-0.3, -0.25) is 0 Å². The summed E-state index contributed by atoms with van der Waals surface area (Å²) in [5.74, 6) is 1.34. The summed E-state index contributed by atoms with van der Waals surface area (Å²) in [6, 6.07) is 2.01. The Kier molecular flexibility index (Phi) is 6.23. The Labute approximate surface area is 112 Å². The third kappa shape index (κ3) is 3.83. The fourth-order valence-corrected chi connectivity index (χ4v) is 2.42. The van der Waals surface area contributed by atoms with Gasteiger partial charge < -0.3 is 14.5 Å². The first-order chi connectivity index (χ1) is 8.11. The van der Waals surface area contributed by atoms with Gasteiger partial charge in [-0.15, -0.1) is 0 Å². The highest BCUT2D eigenvalue weighted by molar-refractivity contribution is 9.10. The molecule has 2 atom stereocenters. The van der Waals surface area contributed by atoms with Gasteiger partial charge in [-0.25, -0.2) is 0 Å². The molecule has 0 aliphatic heterocycles. The second kappa shape index (κ2) is 7.19. The summed E-state index contributed by atoms with van der Waals surface area (Å²) in [6.07, 6.45) is 1.81. The van der Waals surface area contributed by atoms with Crippen molar-refractivity contribution in [3.05, 3.63) is 22.6 Å². The average Bonchev–Trinajstić information content (AvgIpc) is 2.69. The lowest BCUT2D eigenvalue weighted by molar-refractivity contribution is -0.00207. The van der Waals surface area contributed by atoms with Crippen LogP contribution >= 0.6 is 15.9 Å². The Hall–Kier alpha value is -0.320. The van der Waals surface area contributed by atoms with Gasteiger partial charge in [-0.2, -0.15) is 0 Å². The van der Waals surface area contributed by atoms with E-state index in [1.54, 1.807) is 6.26 Å². The molecule has 0 saturated heterocycles. The van der Waals surface area contributed by atoms with Crippen LogP contribution in [0, 0.1) is 5.92 Å². The first-order valence-corrected chi connectivity index (χ1v) is 6.98. The number of nitrogens with one attached hydrogen (secondary N) is 1. The number of hydrogen-bond donors (Lipinski definition) is 1. The van der Waals surface area contributed by atoms with Crippen molar-refractivity contribution >= 4 is 15.9 Å². The third-order valence-corrected chi connectivity index (χ3v) is 3.35. The molecule has 0 bridgehead atoms. The quantitative estimate of drug-likeness (QED) is 0.833. The van der Waals surface area contributed by atoms with Crippen LogP contribution in [-0.2, 0) is 4.74 Å². The van der Waals surface area contributed by atoms with E-state index in [0.717, 1.165) is 16.8 Å². The normalized spacial score (nSPS) is 15.2. The Morgan fingerprint density at radius 1 is 1.41 bits per heavy atom. The topological polar surface area (TPSA) is 34.4 Å². The second-order valence-electron chi connectivity index (χ2n) is 4.33. The Balaban J connectivity index is 2.93. The van der Waals surface area contributed by atoms with Gasteiger partial charge in [-0.05, 0) is 41.4 Å². The maximum atomic E-state index is 5.85. The van der Waals surface area contributed by atoms with Crippen LogP contribution in [0.25, 0.3) is 0 Å². The van der Waals surface area contributed by atoms with Crippen LogP contribution in [0.4, 0.5) is 0 Å². The molecule has 1 aromatic rings. The summed E-state index contributed by atoms with van der Waals surface area (Å²) >= 11 is 3.52. The summed E-state index contributed by atoms with van der Waals surface area (Å²) in [5, 5.41) is 3.44. The van der Waals surface area contributed by atoms with Crippen molar-refractivity contribution in [1.82, 2.24) is 5.32 Å². The van der Waals surface area contributed by atoms with Crippen molar-refractivity contribution in [1.29, 1.82) is 0 Å². The van der Waals surface area contributed by atoms with Gasteiger partial charge in [0.1, 0.15) is 5.76 Å². The van der Waals surface area contributed by atoms with Crippen molar-refractivity contribution in [3.8, 4) is 0 Å². The zero-order chi connectivity index (χ0) is 12.8. The van der Waals surface area contributed by atoms with Crippen LogP contribution in [0.5, 0.6) is 0 Å². The molecule has 2 unspecified atom stereocenters. The molecule has 0 amide bonds. The first-order valence-electron chi connectivity index (χ1n) is 6.19. The van der Waals surface area contributed by atoms with Gasteiger partial charge in [0.05, 0.1) is 22.9 Å². The molecule has 0 aromatic carbocycles. The molecule has 0 radical (unpaired) electrons. The summed E-state index contributed by atoms with van der Waals surface area (Å²) in [4.78, 5) is 0. The Morgan fingerprint density at radius 2 is 2.12 bits per heavy atom. The summed E-state index contributed by atoms with van der Waals surface area (Å²) in [6.45, 7) is 10.0. The molecule has 1 rings (SSSR count). The van der Waals surface area contributed by atoms with Crippen molar-refractivity contribution < 1.29 is 9.15 Å². The van der Waals surface area contributed by atoms with Crippen LogP contribution in [0.15, 0.2) is 21.2 Å². The largest absolute Gasteiger partial charge is 0.466 e. The van der Waals surface area contributed by atoms with Crippen molar-refractivity contribution in [2.75, 3.05) is 13.2 Å². The number of furan rings is 1. The standard InChI is InChI=1S/C13H22BrNO2/c1-5-15-11(12(9(3)4)16-6-2)13-10(14)7-8-17-13/h7-9,11-12,15H,5-6H2,1-4H3. The molecular formula is C13H22BrNO2. The van der Waals surface area contributed by atoms with E-state index in [1.807, 2.05) is 13.0 Å². The maximum absolute atomic E-state index is 5.85. The number of likely N-dealkylation sites (N-methyl/N-ethyl adjacent to an activating group) is 1. The molecule has 98 valence electrons. The minimum atomic E-state index is 0.0873. The Bertz CT molecular complexity index is 325. The fraction of sp³-hybridized carbons (Fsp3) is 0.692. The maximum Gasteiger partial charge on any atom is 0.137 e. The zero-order valence-corrected chi connectivity index (χ0v) is 12.6. The van der Waals surface area contributed by atoms with Gasteiger partial charge in [0.15, 0.2) is 0 Å². The van der Waals surface area contributed by atoms with Crippen LogP contribution in [-0.4, -0.2) is 19.3 Å². The predicted octanol–water partition coefficient (Wildman–Crippen LogP) is 3.75. The number of hydrogen-bond acceptors (Lipinski definition) is 3. The molecule has 4 heteroatoms. The van der Waals surface area contributed by atoms with E-state index in [0.29, 0.717) is 12.5 Å². The summed E-state index contributed by atoms with van der Waals surface area (Å²) < 4.78 is 12.4. The lowest BCUT2D eigenvalue weighted by atomic mass is 9.97. The molecule has 0 fully saturated rings. The monoisotopic (exact) mass is 303 g/mol. The molecule has 17 heavy (non-hydrogen) atoms. The molecule has 1 aromatic heterocycles. The SMILES string of the molecule is CCNC(c1occc1Br)C(OCC)C(C)C. The smallest absolute Gasteiger partial charge is 0.137 e. The van der Waals surface area contributed by atoms with Gasteiger partial charge in [0.2, 0.25) is 0 Å². The Morgan fingerprint density at radius 3 is 2.53 bits per heavy atom. The van der Waals surface area contributed by atoms with Crippen LogP contribution in [0.2, 0.25) is 0 Å². The van der Waals surface area contributed by atoms with E-state index >= 15 is 0 Å². The second-order valence-corrected chi connectivity index (χ2v) is 5.19. The highest BCUT2D eigenvalue weighted by Gasteiger charge is 2.29. The highest BCUT2D eigenvalue weighted by atomic mass is 79.9. The minimum absolute atomic E-state index is 0.0873. The summed E-state index contributed by atoms with van der Waals surface area (Å²) in [7, 11) is 0. The zero-order valence-electron chi connectivity index (χ0n) is 11.0. The van der Waals surface area contributed by atoms with Crippen molar-refractivity contribution in [2.24, 2.45) is 5.92 Å².